The molecule has 2 N–H and O–H groups in total. The van der Waals surface area contributed by atoms with E-state index in [1.165, 1.54) is 4.31 Å². The molecule has 1 radical (unpaired) electrons. The summed E-state index contributed by atoms with van der Waals surface area (Å²) in [4.78, 5) is 23.5. The largest absolute Gasteiger partial charge is 0.363 e. The lowest BCUT2D eigenvalue weighted by Crippen LogP contribution is -2.37. The Morgan fingerprint density at radius 1 is 1.23 bits per heavy atom. The zero-order chi connectivity index (χ0) is 18.3. The van der Waals surface area contributed by atoms with Gasteiger partial charge in [-0.3, -0.25) is 9.78 Å². The molecule has 8 nitrogen and oxygen atoms in total. The summed E-state index contributed by atoms with van der Waals surface area (Å²) in [7, 11) is -3.78. The molecule has 26 heavy (non-hydrogen) atoms. The minimum atomic E-state index is -3.78. The van der Waals surface area contributed by atoms with Crippen LogP contribution in [-0.4, -0.2) is 40.1 Å². The Balaban J connectivity index is 1.75. The molecule has 1 aliphatic rings. The monoisotopic (exact) mass is 368 g/mol. The summed E-state index contributed by atoms with van der Waals surface area (Å²) in [6.45, 7) is 0.300. The number of primary amides is 1. The second-order valence-electron chi connectivity index (χ2n) is 5.87. The van der Waals surface area contributed by atoms with Crippen molar-refractivity contribution < 1.29 is 13.2 Å². The molecule has 0 saturated carbocycles. The standard InChI is InChI=1S/C17H14N5O3S/c18-16(23)17-20-9-12-6-8-22(10-13(12)21-17)26(24,25)14-5-1-3-11-4-2-7-19-15(11)14/h1-5,7H,6,8,10H2,(H2,18,23). The zero-order valence-electron chi connectivity index (χ0n) is 13.6. The smallest absolute Gasteiger partial charge is 0.286 e. The molecule has 1 amide bonds. The number of nitrogens with zero attached hydrogens (tertiary/aromatic N) is 4. The van der Waals surface area contributed by atoms with E-state index in [-0.39, 0.29) is 23.8 Å². The number of pyridine rings is 1. The summed E-state index contributed by atoms with van der Waals surface area (Å²) in [5, 5.41) is 0.748. The average Bonchev–Trinajstić information content (AvgIpc) is 2.66. The van der Waals surface area contributed by atoms with Crippen molar-refractivity contribution >= 4 is 26.8 Å². The molecule has 0 unspecified atom stereocenters. The molecule has 0 saturated heterocycles. The number of sulfonamides is 1. The summed E-state index contributed by atoms with van der Waals surface area (Å²) < 4.78 is 27.7. The SMILES string of the molecule is NC(=O)c1n[c]c2c(n1)CN(S(=O)(=O)c1cccc3cccnc13)CC2. The van der Waals surface area contributed by atoms with Crippen molar-refractivity contribution in [2.45, 2.75) is 17.9 Å². The first-order valence-corrected chi connectivity index (χ1v) is 9.32. The van der Waals surface area contributed by atoms with Crippen molar-refractivity contribution in [3.05, 3.63) is 59.8 Å². The van der Waals surface area contributed by atoms with Gasteiger partial charge in [-0.05, 0) is 18.6 Å². The number of benzene rings is 1. The first kappa shape index (κ1) is 16.6. The Labute approximate surface area is 149 Å². The molecule has 0 atom stereocenters. The van der Waals surface area contributed by atoms with Crippen LogP contribution in [0.5, 0.6) is 0 Å². The summed E-state index contributed by atoms with van der Waals surface area (Å²) in [6.07, 6.45) is 4.71. The van der Waals surface area contributed by atoms with Gasteiger partial charge in [0.2, 0.25) is 15.8 Å². The van der Waals surface area contributed by atoms with E-state index in [4.69, 9.17) is 5.73 Å². The zero-order valence-corrected chi connectivity index (χ0v) is 14.4. The van der Waals surface area contributed by atoms with Gasteiger partial charge in [-0.25, -0.2) is 18.4 Å². The summed E-state index contributed by atoms with van der Waals surface area (Å²) in [6, 6.07) is 8.62. The third-order valence-electron chi connectivity index (χ3n) is 4.26. The molecule has 1 aliphatic heterocycles. The molecule has 1 aromatic carbocycles. The van der Waals surface area contributed by atoms with Gasteiger partial charge < -0.3 is 5.73 Å². The number of aromatic nitrogens is 3. The maximum Gasteiger partial charge on any atom is 0.286 e. The number of amides is 1. The third-order valence-corrected chi connectivity index (χ3v) is 6.13. The van der Waals surface area contributed by atoms with Crippen LogP contribution in [0.4, 0.5) is 0 Å². The number of rotatable bonds is 3. The van der Waals surface area contributed by atoms with Crippen molar-refractivity contribution in [3.63, 3.8) is 0 Å². The number of nitrogens with two attached hydrogens (primary N) is 1. The molecule has 3 heterocycles. The van der Waals surface area contributed by atoms with Crippen LogP contribution in [0.3, 0.4) is 0 Å². The predicted octanol–water partition coefficient (Wildman–Crippen LogP) is 0.671. The van der Waals surface area contributed by atoms with E-state index in [1.54, 1.807) is 24.4 Å². The average molecular weight is 368 g/mol. The fourth-order valence-electron chi connectivity index (χ4n) is 2.96. The second kappa shape index (κ2) is 6.11. The highest BCUT2D eigenvalue weighted by Gasteiger charge is 2.31. The van der Waals surface area contributed by atoms with Gasteiger partial charge in [0.05, 0.1) is 24.0 Å². The van der Waals surface area contributed by atoms with E-state index in [2.05, 4.69) is 21.1 Å². The number of carbonyl (C=O) groups excluding carboxylic acids is 1. The van der Waals surface area contributed by atoms with Crippen LogP contribution in [0, 0.1) is 6.20 Å². The summed E-state index contributed by atoms with van der Waals surface area (Å²) in [5.74, 6) is -0.947. The molecule has 4 rings (SSSR count). The second-order valence-corrected chi connectivity index (χ2v) is 7.77. The maximum atomic E-state index is 13.2. The maximum absolute atomic E-state index is 13.2. The van der Waals surface area contributed by atoms with E-state index >= 15 is 0 Å². The quantitative estimate of drug-likeness (QED) is 0.726. The number of hydrogen-bond donors (Lipinski definition) is 1. The Morgan fingerprint density at radius 2 is 2.04 bits per heavy atom. The Morgan fingerprint density at radius 3 is 2.85 bits per heavy atom. The molecule has 0 aliphatic carbocycles. The van der Waals surface area contributed by atoms with Crippen molar-refractivity contribution in [2.75, 3.05) is 6.54 Å². The lowest BCUT2D eigenvalue weighted by molar-refractivity contribution is 0.0989. The predicted molar refractivity (Wildman–Crippen MR) is 92.4 cm³/mol. The van der Waals surface area contributed by atoms with Crippen LogP contribution in [0.25, 0.3) is 10.9 Å². The molecular weight excluding hydrogens is 354 g/mol. The minimum Gasteiger partial charge on any atom is -0.363 e. The van der Waals surface area contributed by atoms with Crippen LogP contribution in [0.2, 0.25) is 0 Å². The first-order valence-electron chi connectivity index (χ1n) is 7.88. The highest BCUT2D eigenvalue weighted by molar-refractivity contribution is 7.89. The number of hydrogen-bond acceptors (Lipinski definition) is 6. The van der Waals surface area contributed by atoms with Crippen LogP contribution < -0.4 is 5.73 Å². The van der Waals surface area contributed by atoms with Crippen molar-refractivity contribution in [3.8, 4) is 0 Å². The van der Waals surface area contributed by atoms with Crippen molar-refractivity contribution in [1.82, 2.24) is 19.3 Å². The van der Waals surface area contributed by atoms with Crippen molar-refractivity contribution in [1.29, 1.82) is 0 Å². The van der Waals surface area contributed by atoms with Gasteiger partial charge in [0, 0.05) is 23.7 Å². The first-order chi connectivity index (χ1) is 12.5. The Kier molecular flexibility index (Phi) is 3.89. The van der Waals surface area contributed by atoms with E-state index in [0.29, 0.717) is 23.2 Å². The fourth-order valence-corrected chi connectivity index (χ4v) is 4.53. The molecule has 0 spiro atoms. The van der Waals surface area contributed by atoms with E-state index < -0.39 is 15.9 Å². The Hall–Kier alpha value is -2.91. The van der Waals surface area contributed by atoms with Crippen LogP contribution in [0.15, 0.2) is 41.4 Å². The van der Waals surface area contributed by atoms with Gasteiger partial charge in [-0.15, -0.1) is 0 Å². The lowest BCUT2D eigenvalue weighted by atomic mass is 10.1. The highest BCUT2D eigenvalue weighted by atomic mass is 32.2. The summed E-state index contributed by atoms with van der Waals surface area (Å²) >= 11 is 0. The van der Waals surface area contributed by atoms with Gasteiger partial charge in [-0.1, -0.05) is 18.2 Å². The van der Waals surface area contributed by atoms with Gasteiger partial charge in [0.25, 0.3) is 5.91 Å². The molecule has 9 heteroatoms. The van der Waals surface area contributed by atoms with E-state index in [1.807, 2.05) is 12.1 Å². The van der Waals surface area contributed by atoms with Crippen molar-refractivity contribution in [2.24, 2.45) is 5.73 Å². The number of carbonyl (C=O) groups is 1. The topological polar surface area (TPSA) is 119 Å². The van der Waals surface area contributed by atoms with E-state index in [0.717, 1.165) is 5.39 Å². The lowest BCUT2D eigenvalue weighted by Gasteiger charge is -2.27. The molecule has 2 aromatic heterocycles. The van der Waals surface area contributed by atoms with Gasteiger partial charge >= 0.3 is 0 Å². The summed E-state index contributed by atoms with van der Waals surface area (Å²) in [5.41, 5.74) is 6.75. The van der Waals surface area contributed by atoms with Crippen LogP contribution >= 0.6 is 0 Å². The van der Waals surface area contributed by atoms with Gasteiger partial charge in [-0.2, -0.15) is 4.31 Å². The van der Waals surface area contributed by atoms with Gasteiger partial charge in [0.15, 0.2) is 0 Å². The van der Waals surface area contributed by atoms with E-state index in [9.17, 15) is 13.2 Å². The molecule has 0 fully saturated rings. The molecule has 3 aromatic rings. The Bertz CT molecular complexity index is 1120. The van der Waals surface area contributed by atoms with Crippen LogP contribution in [0.1, 0.15) is 21.9 Å². The van der Waals surface area contributed by atoms with Crippen LogP contribution in [-0.2, 0) is 23.0 Å². The number of fused-ring (bicyclic) bond motifs is 2. The molecule has 131 valence electrons. The molecule has 0 bridgehead atoms. The fraction of sp³-hybridized carbons (Fsp3) is 0.176. The normalized spacial score (nSPS) is 14.9. The third kappa shape index (κ3) is 2.71. The molecular formula is C17H14N5O3S. The minimum absolute atomic E-state index is 0.0280. The van der Waals surface area contributed by atoms with Gasteiger partial charge in [0.1, 0.15) is 4.90 Å². The highest BCUT2D eigenvalue weighted by Crippen LogP contribution is 2.27. The number of para-hydroxylation sites is 1.